The lowest BCUT2D eigenvalue weighted by molar-refractivity contribution is -0.388. The number of hydrogen-bond donors (Lipinski definition) is 1. The van der Waals surface area contributed by atoms with Crippen LogP contribution in [0.15, 0.2) is 17.0 Å². The average Bonchev–Trinajstić information content (AvgIpc) is 2.43. The molecule has 0 amide bonds. The maximum Gasteiger partial charge on any atom is 0.292 e. The van der Waals surface area contributed by atoms with Gasteiger partial charge in [0.1, 0.15) is 0 Å². The van der Waals surface area contributed by atoms with Crippen molar-refractivity contribution in [2.45, 2.75) is 44.7 Å². The molecule has 1 aliphatic heterocycles. The van der Waals surface area contributed by atoms with Crippen LogP contribution in [0.3, 0.4) is 0 Å². The number of rotatable bonds is 3. The second-order valence-electron chi connectivity index (χ2n) is 5.73. The van der Waals surface area contributed by atoms with Gasteiger partial charge in [-0.3, -0.25) is 10.1 Å². The Morgan fingerprint density at radius 3 is 2.39 bits per heavy atom. The highest BCUT2D eigenvalue weighted by molar-refractivity contribution is 7.89. The molecule has 130 valence electrons. The quantitative estimate of drug-likeness (QED) is 0.655. The van der Waals surface area contributed by atoms with Crippen molar-refractivity contribution in [2.24, 2.45) is 0 Å². The van der Waals surface area contributed by atoms with E-state index < -0.39 is 14.9 Å². The first-order valence-corrected chi connectivity index (χ1v) is 8.61. The van der Waals surface area contributed by atoms with Gasteiger partial charge in [-0.15, -0.1) is 12.4 Å². The Kier molecular flexibility index (Phi) is 6.14. The standard InChI is InChI=1S/C14H21N3O4S.ClH/c1-9-5-6-10(2)14(13(9)17(18)19)22(20,21)16-8-7-15-11(3)12(16)4;/h5-6,11-12,15H,7-8H2,1-4H3;1H. The minimum Gasteiger partial charge on any atom is -0.311 e. The lowest BCUT2D eigenvalue weighted by Crippen LogP contribution is -2.57. The average molecular weight is 364 g/mol. The van der Waals surface area contributed by atoms with Crippen molar-refractivity contribution < 1.29 is 13.3 Å². The number of piperazine rings is 1. The van der Waals surface area contributed by atoms with E-state index in [0.717, 1.165) is 0 Å². The molecule has 0 radical (unpaired) electrons. The van der Waals surface area contributed by atoms with Gasteiger partial charge in [-0.25, -0.2) is 8.42 Å². The van der Waals surface area contributed by atoms with Crippen LogP contribution in [0.5, 0.6) is 0 Å². The maximum atomic E-state index is 13.0. The Morgan fingerprint density at radius 2 is 1.83 bits per heavy atom. The van der Waals surface area contributed by atoms with E-state index in [4.69, 9.17) is 0 Å². The predicted octanol–water partition coefficient (Wildman–Crippen LogP) is 2.00. The fraction of sp³-hybridized carbons (Fsp3) is 0.571. The zero-order valence-corrected chi connectivity index (χ0v) is 15.2. The monoisotopic (exact) mass is 363 g/mol. The van der Waals surface area contributed by atoms with Crippen molar-refractivity contribution in [1.29, 1.82) is 0 Å². The highest BCUT2D eigenvalue weighted by Gasteiger charge is 2.39. The zero-order valence-electron chi connectivity index (χ0n) is 13.6. The van der Waals surface area contributed by atoms with Gasteiger partial charge >= 0.3 is 0 Å². The number of hydrogen-bond acceptors (Lipinski definition) is 5. The molecule has 2 unspecified atom stereocenters. The third kappa shape index (κ3) is 3.50. The van der Waals surface area contributed by atoms with Crippen LogP contribution in [-0.4, -0.2) is 42.8 Å². The number of halogens is 1. The predicted molar refractivity (Wildman–Crippen MR) is 90.6 cm³/mol. The molecule has 1 heterocycles. The summed E-state index contributed by atoms with van der Waals surface area (Å²) in [6, 6.07) is 2.92. The Balaban J connectivity index is 0.00000264. The first-order valence-electron chi connectivity index (χ1n) is 7.17. The molecular formula is C14H22ClN3O4S. The van der Waals surface area contributed by atoms with Gasteiger partial charge in [0, 0.05) is 30.7 Å². The molecular weight excluding hydrogens is 342 g/mol. The third-order valence-corrected chi connectivity index (χ3v) is 6.42. The van der Waals surface area contributed by atoms with Crippen molar-refractivity contribution in [3.8, 4) is 0 Å². The van der Waals surface area contributed by atoms with Crippen LogP contribution >= 0.6 is 12.4 Å². The lowest BCUT2D eigenvalue weighted by atomic mass is 10.1. The van der Waals surface area contributed by atoms with Gasteiger partial charge in [0.2, 0.25) is 0 Å². The second kappa shape index (κ2) is 7.12. The van der Waals surface area contributed by atoms with Crippen LogP contribution in [0, 0.1) is 24.0 Å². The largest absolute Gasteiger partial charge is 0.311 e. The summed E-state index contributed by atoms with van der Waals surface area (Å²) in [6.07, 6.45) is 0. The number of nitro benzene ring substituents is 1. The van der Waals surface area contributed by atoms with E-state index in [1.807, 2.05) is 13.8 Å². The van der Waals surface area contributed by atoms with Crippen molar-refractivity contribution in [1.82, 2.24) is 9.62 Å². The van der Waals surface area contributed by atoms with E-state index in [1.54, 1.807) is 26.0 Å². The SMILES string of the molecule is Cc1ccc(C)c(S(=O)(=O)N2CCNC(C)C2C)c1[N+](=O)[O-].Cl. The summed E-state index contributed by atoms with van der Waals surface area (Å²) >= 11 is 0. The van der Waals surface area contributed by atoms with Crippen LogP contribution in [0.1, 0.15) is 25.0 Å². The van der Waals surface area contributed by atoms with Crippen LogP contribution in [0.4, 0.5) is 5.69 Å². The molecule has 0 bridgehead atoms. The number of nitrogens with one attached hydrogen (secondary N) is 1. The first-order chi connectivity index (χ1) is 10.2. The van der Waals surface area contributed by atoms with Gasteiger partial charge < -0.3 is 5.32 Å². The Hall–Kier alpha value is -1.22. The van der Waals surface area contributed by atoms with Gasteiger partial charge in [-0.1, -0.05) is 12.1 Å². The summed E-state index contributed by atoms with van der Waals surface area (Å²) in [5, 5.41) is 14.6. The van der Waals surface area contributed by atoms with Crippen LogP contribution < -0.4 is 5.32 Å². The normalized spacial score (nSPS) is 22.4. The molecule has 0 spiro atoms. The smallest absolute Gasteiger partial charge is 0.292 e. The van der Waals surface area contributed by atoms with E-state index >= 15 is 0 Å². The molecule has 1 fully saturated rings. The molecule has 1 aromatic rings. The van der Waals surface area contributed by atoms with Crippen molar-refractivity contribution in [3.63, 3.8) is 0 Å². The summed E-state index contributed by atoms with van der Waals surface area (Å²) < 4.78 is 27.4. The molecule has 1 saturated heterocycles. The zero-order chi connectivity index (χ0) is 16.7. The third-order valence-electron chi connectivity index (χ3n) is 4.26. The van der Waals surface area contributed by atoms with E-state index in [2.05, 4.69) is 5.32 Å². The summed E-state index contributed by atoms with van der Waals surface area (Å²) in [6.45, 7) is 7.70. The molecule has 2 atom stereocenters. The number of sulfonamides is 1. The van der Waals surface area contributed by atoms with Gasteiger partial charge in [-0.2, -0.15) is 4.31 Å². The van der Waals surface area contributed by atoms with Crippen LogP contribution in [-0.2, 0) is 10.0 Å². The molecule has 23 heavy (non-hydrogen) atoms. The molecule has 0 aromatic heterocycles. The Bertz CT molecular complexity index is 708. The van der Waals surface area contributed by atoms with E-state index in [-0.39, 0.29) is 35.1 Å². The second-order valence-corrected chi connectivity index (χ2v) is 7.56. The highest BCUT2D eigenvalue weighted by Crippen LogP contribution is 2.34. The van der Waals surface area contributed by atoms with E-state index in [9.17, 15) is 18.5 Å². The summed E-state index contributed by atoms with van der Waals surface area (Å²) in [7, 11) is -3.92. The van der Waals surface area contributed by atoms with Crippen LogP contribution in [0.2, 0.25) is 0 Å². The number of nitrogens with zero attached hydrogens (tertiary/aromatic N) is 2. The van der Waals surface area contributed by atoms with Gasteiger partial charge in [0.05, 0.1) is 4.92 Å². The number of benzene rings is 1. The molecule has 7 nitrogen and oxygen atoms in total. The van der Waals surface area contributed by atoms with Gasteiger partial charge in [0.25, 0.3) is 15.7 Å². The fourth-order valence-electron chi connectivity index (χ4n) is 2.81. The van der Waals surface area contributed by atoms with E-state index in [0.29, 0.717) is 24.2 Å². The van der Waals surface area contributed by atoms with Crippen molar-refractivity contribution >= 4 is 28.1 Å². The topological polar surface area (TPSA) is 92.6 Å². The fourth-order valence-corrected chi connectivity index (χ4v) is 4.95. The first kappa shape index (κ1) is 19.8. The Labute approximate surface area is 142 Å². The number of nitro groups is 1. The van der Waals surface area contributed by atoms with Crippen molar-refractivity contribution in [3.05, 3.63) is 33.4 Å². The molecule has 0 aliphatic carbocycles. The van der Waals surface area contributed by atoms with E-state index in [1.165, 1.54) is 4.31 Å². The van der Waals surface area contributed by atoms with Gasteiger partial charge in [-0.05, 0) is 33.3 Å². The summed E-state index contributed by atoms with van der Waals surface area (Å²) in [4.78, 5) is 10.6. The summed E-state index contributed by atoms with van der Waals surface area (Å²) in [5.74, 6) is 0. The Morgan fingerprint density at radius 1 is 1.26 bits per heavy atom. The molecule has 0 saturated carbocycles. The molecule has 1 aromatic carbocycles. The van der Waals surface area contributed by atoms with Crippen molar-refractivity contribution in [2.75, 3.05) is 13.1 Å². The van der Waals surface area contributed by atoms with Gasteiger partial charge in [0.15, 0.2) is 4.90 Å². The molecule has 9 heteroatoms. The lowest BCUT2D eigenvalue weighted by Gasteiger charge is -2.37. The number of aryl methyl sites for hydroxylation is 2. The summed E-state index contributed by atoms with van der Waals surface area (Å²) in [5.41, 5.74) is 0.430. The molecule has 1 aliphatic rings. The minimum absolute atomic E-state index is 0. The maximum absolute atomic E-state index is 13.0. The minimum atomic E-state index is -3.92. The van der Waals surface area contributed by atoms with Crippen LogP contribution in [0.25, 0.3) is 0 Å². The molecule has 2 rings (SSSR count). The highest BCUT2D eigenvalue weighted by atomic mass is 35.5. The molecule has 1 N–H and O–H groups in total.